The van der Waals surface area contributed by atoms with Gasteiger partial charge in [0, 0.05) is 5.69 Å². The van der Waals surface area contributed by atoms with Crippen LogP contribution in [0.25, 0.3) is 10.2 Å². The second-order valence-electron chi connectivity index (χ2n) is 5.73. The molecule has 1 heterocycles. The van der Waals surface area contributed by atoms with E-state index < -0.39 is 18.0 Å². The van der Waals surface area contributed by atoms with Gasteiger partial charge in [-0.25, -0.2) is 9.78 Å². The largest absolute Gasteiger partial charge is 0.351 e. The third-order valence-corrected chi connectivity index (χ3v) is 4.27. The number of benzene rings is 1. The fourth-order valence-electron chi connectivity index (χ4n) is 2.48. The molecule has 7 nitrogen and oxygen atoms in total. The predicted octanol–water partition coefficient (Wildman–Crippen LogP) is 2.24. The average molecular weight is 345 g/mol. The molecule has 3 N–H and O–H groups in total. The maximum atomic E-state index is 12.4. The zero-order valence-electron chi connectivity index (χ0n) is 13.5. The molecular weight excluding hydrogens is 326 g/mol. The lowest BCUT2D eigenvalue weighted by Crippen LogP contribution is -2.52. The van der Waals surface area contributed by atoms with Crippen molar-refractivity contribution in [3.05, 3.63) is 23.7 Å². The van der Waals surface area contributed by atoms with Gasteiger partial charge in [-0.1, -0.05) is 13.8 Å². The van der Waals surface area contributed by atoms with Gasteiger partial charge in [0.2, 0.25) is 5.91 Å². The number of carbonyl (C=O) groups excluding carboxylic acids is 2. The van der Waals surface area contributed by atoms with Crippen molar-refractivity contribution >= 4 is 39.2 Å². The van der Waals surface area contributed by atoms with E-state index in [1.54, 1.807) is 23.7 Å². The first-order valence-electron chi connectivity index (χ1n) is 7.50. The molecule has 3 amide bonds. The highest BCUT2D eigenvalue weighted by Gasteiger charge is 2.30. The minimum atomic E-state index is -0.777. The van der Waals surface area contributed by atoms with Gasteiger partial charge >= 0.3 is 6.03 Å². The Balaban J connectivity index is 2.41. The summed E-state index contributed by atoms with van der Waals surface area (Å²) in [7, 11) is 0. The van der Waals surface area contributed by atoms with Crippen LogP contribution < -0.4 is 16.0 Å². The van der Waals surface area contributed by atoms with Crippen LogP contribution in [-0.4, -0.2) is 29.5 Å². The number of rotatable bonds is 6. The minimum Gasteiger partial charge on any atom is -0.351 e. The van der Waals surface area contributed by atoms with Crippen molar-refractivity contribution in [1.82, 2.24) is 10.3 Å². The number of carbonyl (C=O) groups is 2. The molecule has 24 heavy (non-hydrogen) atoms. The zero-order chi connectivity index (χ0) is 17.7. The highest BCUT2D eigenvalue weighted by Crippen LogP contribution is 2.27. The maximum Gasteiger partial charge on any atom is 0.320 e. The second-order valence-corrected chi connectivity index (χ2v) is 6.62. The van der Waals surface area contributed by atoms with Crippen molar-refractivity contribution < 1.29 is 9.59 Å². The molecule has 2 rings (SSSR count). The van der Waals surface area contributed by atoms with Gasteiger partial charge in [0.05, 0.1) is 21.8 Å². The lowest BCUT2D eigenvalue weighted by molar-refractivity contribution is -0.122. The van der Waals surface area contributed by atoms with Crippen LogP contribution in [0, 0.1) is 17.2 Å². The molecule has 1 atom stereocenters. The molecular formula is C16H19N5O2S. The van der Waals surface area contributed by atoms with Crippen molar-refractivity contribution in [2.24, 2.45) is 11.7 Å². The van der Waals surface area contributed by atoms with E-state index in [1.807, 2.05) is 19.9 Å². The summed E-state index contributed by atoms with van der Waals surface area (Å²) in [5.41, 5.74) is 8.64. The Labute approximate surface area is 144 Å². The third kappa shape index (κ3) is 4.00. The van der Waals surface area contributed by atoms with Crippen molar-refractivity contribution in [1.29, 1.82) is 5.26 Å². The summed E-state index contributed by atoms with van der Waals surface area (Å²) in [6, 6.07) is 5.68. The van der Waals surface area contributed by atoms with Gasteiger partial charge in [-0.15, -0.1) is 11.3 Å². The van der Waals surface area contributed by atoms with E-state index in [0.717, 1.165) is 10.2 Å². The molecule has 0 aliphatic heterocycles. The Kier molecular flexibility index (Phi) is 5.71. The van der Waals surface area contributed by atoms with Crippen LogP contribution in [0.3, 0.4) is 0 Å². The number of aromatic nitrogens is 1. The summed E-state index contributed by atoms with van der Waals surface area (Å²) < 4.78 is 0.902. The number of nitriles is 1. The van der Waals surface area contributed by atoms with Gasteiger partial charge in [-0.2, -0.15) is 5.26 Å². The molecule has 0 radical (unpaired) electrons. The number of hydrogen-bond acceptors (Lipinski definition) is 5. The van der Waals surface area contributed by atoms with Gasteiger partial charge in [-0.3, -0.25) is 9.69 Å². The summed E-state index contributed by atoms with van der Waals surface area (Å²) >= 11 is 1.44. The van der Waals surface area contributed by atoms with Gasteiger partial charge in [0.25, 0.3) is 0 Å². The van der Waals surface area contributed by atoms with Crippen LogP contribution in [0.4, 0.5) is 10.5 Å². The second kappa shape index (κ2) is 7.75. The Morgan fingerprint density at radius 2 is 2.21 bits per heavy atom. The normalized spacial score (nSPS) is 11.9. The Morgan fingerprint density at radius 3 is 2.83 bits per heavy atom. The van der Waals surface area contributed by atoms with Crippen molar-refractivity contribution in [2.75, 3.05) is 11.4 Å². The number of urea groups is 1. The number of nitrogens with zero attached hydrogens (tertiary/aromatic N) is 3. The Hall–Kier alpha value is -2.66. The molecule has 8 heteroatoms. The average Bonchev–Trinajstić information content (AvgIpc) is 2.99. The number of thiazole rings is 1. The van der Waals surface area contributed by atoms with Crippen LogP contribution in [0.5, 0.6) is 0 Å². The summed E-state index contributed by atoms with van der Waals surface area (Å²) in [6.07, 6.45) is 0.431. The fourth-order valence-corrected chi connectivity index (χ4v) is 3.19. The number of nitrogens with two attached hydrogens (primary N) is 1. The van der Waals surface area contributed by atoms with E-state index in [-0.39, 0.29) is 12.5 Å². The van der Waals surface area contributed by atoms with Crippen LogP contribution in [-0.2, 0) is 4.79 Å². The molecule has 1 aromatic heterocycles. The minimum absolute atomic E-state index is 0.117. The molecule has 1 unspecified atom stereocenters. The van der Waals surface area contributed by atoms with Crippen molar-refractivity contribution in [3.63, 3.8) is 0 Å². The Morgan fingerprint density at radius 1 is 1.46 bits per heavy atom. The molecule has 0 aliphatic carbocycles. The lowest BCUT2D eigenvalue weighted by Gasteiger charge is -2.30. The molecule has 0 spiro atoms. The highest BCUT2D eigenvalue weighted by molar-refractivity contribution is 7.16. The number of primary amides is 1. The van der Waals surface area contributed by atoms with Crippen molar-refractivity contribution in [3.8, 4) is 6.07 Å². The zero-order valence-corrected chi connectivity index (χ0v) is 14.3. The van der Waals surface area contributed by atoms with Gasteiger partial charge in [-0.05, 0) is 30.5 Å². The van der Waals surface area contributed by atoms with Crippen molar-refractivity contribution in [2.45, 2.75) is 26.3 Å². The molecule has 0 saturated carbocycles. The SMILES string of the molecule is CC(C)CC(C(=O)NCC#N)N(C(N)=O)c1ccc2ncsc2c1. The van der Waals surface area contributed by atoms with Gasteiger partial charge in [0.1, 0.15) is 12.6 Å². The number of fused-ring (bicyclic) bond motifs is 1. The summed E-state index contributed by atoms with van der Waals surface area (Å²) in [5, 5.41) is 11.2. The van der Waals surface area contributed by atoms with E-state index in [4.69, 9.17) is 11.0 Å². The summed E-state index contributed by atoms with van der Waals surface area (Å²) in [4.78, 5) is 30.0. The molecule has 1 aromatic carbocycles. The number of anilines is 1. The van der Waals surface area contributed by atoms with Gasteiger partial charge in [0.15, 0.2) is 0 Å². The molecule has 126 valence electrons. The van der Waals surface area contributed by atoms with Crippen LogP contribution in [0.1, 0.15) is 20.3 Å². The van der Waals surface area contributed by atoms with Gasteiger partial charge < -0.3 is 11.1 Å². The smallest absolute Gasteiger partial charge is 0.320 e. The summed E-state index contributed by atoms with van der Waals surface area (Å²) in [6.45, 7) is 3.79. The van der Waals surface area contributed by atoms with Crippen LogP contribution >= 0.6 is 11.3 Å². The highest BCUT2D eigenvalue weighted by atomic mass is 32.1. The van der Waals surface area contributed by atoms with E-state index in [2.05, 4.69) is 10.3 Å². The first-order valence-corrected chi connectivity index (χ1v) is 8.38. The lowest BCUT2D eigenvalue weighted by atomic mass is 10.0. The molecule has 0 aliphatic rings. The summed E-state index contributed by atoms with van der Waals surface area (Å²) in [5.74, 6) is -0.231. The number of amides is 3. The first kappa shape index (κ1) is 17.7. The molecule has 2 aromatic rings. The topological polar surface area (TPSA) is 112 Å². The third-order valence-electron chi connectivity index (χ3n) is 3.48. The molecule has 0 bridgehead atoms. The fraction of sp³-hybridized carbons (Fsp3) is 0.375. The number of hydrogen-bond donors (Lipinski definition) is 2. The quantitative estimate of drug-likeness (QED) is 0.782. The maximum absolute atomic E-state index is 12.4. The van der Waals surface area contributed by atoms with E-state index in [1.165, 1.54) is 16.2 Å². The van der Waals surface area contributed by atoms with E-state index in [9.17, 15) is 9.59 Å². The Bertz CT molecular complexity index is 780. The number of nitrogens with one attached hydrogen (secondary N) is 1. The molecule has 0 saturated heterocycles. The first-order chi connectivity index (χ1) is 11.4. The monoisotopic (exact) mass is 345 g/mol. The van der Waals surface area contributed by atoms with Crippen LogP contribution in [0.2, 0.25) is 0 Å². The van der Waals surface area contributed by atoms with E-state index in [0.29, 0.717) is 12.1 Å². The van der Waals surface area contributed by atoms with Crippen LogP contribution in [0.15, 0.2) is 23.7 Å². The molecule has 0 fully saturated rings. The standard InChI is InChI=1S/C16H19N5O2S/c1-10(2)7-13(15(22)19-6-5-17)21(16(18)23)11-3-4-12-14(8-11)24-9-20-12/h3-4,8-10,13H,6-7H2,1-2H3,(H2,18,23)(H,19,22). The van der Waals surface area contributed by atoms with E-state index >= 15 is 0 Å². The predicted molar refractivity (Wildman–Crippen MR) is 93.5 cm³/mol.